The number of fused-ring (bicyclic) bond motifs is 1. The summed E-state index contributed by atoms with van der Waals surface area (Å²) in [6.45, 7) is 6.69. The molecule has 0 bridgehead atoms. The summed E-state index contributed by atoms with van der Waals surface area (Å²) in [4.78, 5) is 0. The third-order valence-electron chi connectivity index (χ3n) is 3.20. The zero-order valence-corrected chi connectivity index (χ0v) is 8.47. The lowest BCUT2D eigenvalue weighted by Gasteiger charge is -2.04. The summed E-state index contributed by atoms with van der Waals surface area (Å²) in [6.07, 6.45) is 12.6. The van der Waals surface area contributed by atoms with E-state index in [4.69, 9.17) is 0 Å². The SMILES string of the molecule is C1CC2CCCC2C1.C=C=CC=C. The van der Waals surface area contributed by atoms with Crippen LogP contribution in [0.1, 0.15) is 38.5 Å². The van der Waals surface area contributed by atoms with E-state index in [-0.39, 0.29) is 0 Å². The molecule has 2 aliphatic carbocycles. The minimum atomic E-state index is 1.18. The van der Waals surface area contributed by atoms with Crippen LogP contribution >= 0.6 is 0 Å². The smallest absolute Gasteiger partial charge is 0.0212 e. The summed E-state index contributed by atoms with van der Waals surface area (Å²) in [7, 11) is 0. The van der Waals surface area contributed by atoms with Gasteiger partial charge in [-0.1, -0.05) is 57.8 Å². The average molecular weight is 176 g/mol. The zero-order chi connectivity index (χ0) is 9.52. The van der Waals surface area contributed by atoms with Gasteiger partial charge < -0.3 is 0 Å². The van der Waals surface area contributed by atoms with Crippen molar-refractivity contribution in [1.29, 1.82) is 0 Å². The van der Waals surface area contributed by atoms with E-state index in [1.807, 2.05) is 0 Å². The second-order valence-corrected chi connectivity index (χ2v) is 3.99. The molecule has 0 aromatic carbocycles. The van der Waals surface area contributed by atoms with Crippen molar-refractivity contribution in [3.63, 3.8) is 0 Å². The summed E-state index contributed by atoms with van der Waals surface area (Å²) in [5.41, 5.74) is 2.52. The Kier molecular flexibility index (Phi) is 4.64. The van der Waals surface area contributed by atoms with Crippen molar-refractivity contribution in [2.24, 2.45) is 11.8 Å². The standard InChI is InChI=1S/C8H14.C5H6/c1-3-7-5-2-6-8(7)4-1;1-3-5-4-2/h7-8H,1-6H2;3,5H,1-2H2. The van der Waals surface area contributed by atoms with E-state index in [1.54, 1.807) is 37.8 Å². The largest absolute Gasteiger partial charge is 0.129 e. The highest BCUT2D eigenvalue weighted by Gasteiger charge is 2.30. The highest BCUT2D eigenvalue weighted by molar-refractivity contribution is 4.93. The van der Waals surface area contributed by atoms with Crippen molar-refractivity contribution in [3.05, 3.63) is 31.0 Å². The zero-order valence-electron chi connectivity index (χ0n) is 8.47. The Hall–Kier alpha value is -0.740. The van der Waals surface area contributed by atoms with Crippen molar-refractivity contribution in [2.45, 2.75) is 38.5 Å². The van der Waals surface area contributed by atoms with Gasteiger partial charge in [-0.25, -0.2) is 0 Å². The lowest BCUT2D eigenvalue weighted by atomic mass is 10.0. The molecule has 0 amide bonds. The third-order valence-corrected chi connectivity index (χ3v) is 3.20. The summed E-state index contributed by atoms with van der Waals surface area (Å²) >= 11 is 0. The number of allylic oxidation sites excluding steroid dienone is 2. The quantitative estimate of drug-likeness (QED) is 0.417. The van der Waals surface area contributed by atoms with Crippen LogP contribution < -0.4 is 0 Å². The molecule has 0 heterocycles. The maximum Gasteiger partial charge on any atom is -0.0212 e. The maximum absolute atomic E-state index is 3.39. The first-order valence-electron chi connectivity index (χ1n) is 5.35. The summed E-state index contributed by atoms with van der Waals surface area (Å²) in [5, 5.41) is 0. The normalized spacial score (nSPS) is 29.5. The van der Waals surface area contributed by atoms with Gasteiger partial charge in [-0.05, 0) is 17.9 Å². The van der Waals surface area contributed by atoms with Gasteiger partial charge >= 0.3 is 0 Å². The summed E-state index contributed by atoms with van der Waals surface area (Å²) in [6, 6.07) is 0. The Bertz CT molecular complexity index is 176. The van der Waals surface area contributed by atoms with Crippen LogP contribution in [-0.4, -0.2) is 0 Å². The van der Waals surface area contributed by atoms with Crippen LogP contribution in [-0.2, 0) is 0 Å². The number of hydrogen-bond donors (Lipinski definition) is 0. The Balaban J connectivity index is 0.000000149. The van der Waals surface area contributed by atoms with Crippen molar-refractivity contribution in [3.8, 4) is 0 Å². The van der Waals surface area contributed by atoms with Gasteiger partial charge in [0, 0.05) is 0 Å². The van der Waals surface area contributed by atoms with Gasteiger partial charge in [0.15, 0.2) is 0 Å². The molecule has 13 heavy (non-hydrogen) atoms. The Morgan fingerprint density at radius 1 is 1.00 bits per heavy atom. The topological polar surface area (TPSA) is 0 Å². The van der Waals surface area contributed by atoms with Crippen molar-refractivity contribution in [2.75, 3.05) is 0 Å². The van der Waals surface area contributed by atoms with Crippen LogP contribution in [0.3, 0.4) is 0 Å². The Morgan fingerprint density at radius 2 is 1.46 bits per heavy atom. The molecule has 0 aromatic heterocycles. The van der Waals surface area contributed by atoms with Gasteiger partial charge in [0.25, 0.3) is 0 Å². The molecule has 0 nitrogen and oxygen atoms in total. The molecule has 0 aromatic rings. The highest BCUT2D eigenvalue weighted by Crippen LogP contribution is 2.43. The van der Waals surface area contributed by atoms with E-state index < -0.39 is 0 Å². The van der Waals surface area contributed by atoms with Crippen LogP contribution in [0, 0.1) is 11.8 Å². The van der Waals surface area contributed by atoms with Gasteiger partial charge in [0.1, 0.15) is 0 Å². The summed E-state index contributed by atoms with van der Waals surface area (Å²) < 4.78 is 0. The first-order valence-corrected chi connectivity index (χ1v) is 5.35. The molecule has 0 spiro atoms. The molecule has 0 unspecified atom stereocenters. The van der Waals surface area contributed by atoms with Gasteiger partial charge in [0.2, 0.25) is 0 Å². The lowest BCUT2D eigenvalue weighted by Crippen LogP contribution is -1.95. The van der Waals surface area contributed by atoms with Gasteiger partial charge in [0.05, 0.1) is 0 Å². The van der Waals surface area contributed by atoms with E-state index >= 15 is 0 Å². The first kappa shape index (κ1) is 10.3. The van der Waals surface area contributed by atoms with E-state index in [0.29, 0.717) is 0 Å². The Labute approximate surface area is 82.0 Å². The molecule has 0 aliphatic heterocycles. The van der Waals surface area contributed by atoms with Crippen molar-refractivity contribution >= 4 is 0 Å². The van der Waals surface area contributed by atoms with Gasteiger partial charge in [-0.2, -0.15) is 0 Å². The molecule has 0 saturated heterocycles. The predicted molar refractivity (Wildman–Crippen MR) is 58.6 cm³/mol. The van der Waals surface area contributed by atoms with Crippen molar-refractivity contribution < 1.29 is 0 Å². The Morgan fingerprint density at radius 3 is 1.69 bits per heavy atom. The third kappa shape index (κ3) is 3.24. The molecule has 0 N–H and O–H groups in total. The summed E-state index contributed by atoms with van der Waals surface area (Å²) in [5.74, 6) is 2.35. The lowest BCUT2D eigenvalue weighted by molar-refractivity contribution is 0.457. The molecule has 0 radical (unpaired) electrons. The second-order valence-electron chi connectivity index (χ2n) is 3.99. The maximum atomic E-state index is 3.39. The molecular weight excluding hydrogens is 156 g/mol. The molecule has 2 fully saturated rings. The monoisotopic (exact) mass is 176 g/mol. The fourth-order valence-corrected chi connectivity index (χ4v) is 2.60. The fraction of sp³-hybridized carbons (Fsp3) is 0.615. The molecule has 2 saturated carbocycles. The molecule has 2 aliphatic rings. The van der Waals surface area contributed by atoms with Gasteiger partial charge in [-0.15, -0.1) is 5.73 Å². The average Bonchev–Trinajstić information content (AvgIpc) is 2.66. The van der Waals surface area contributed by atoms with Crippen LogP contribution in [0.15, 0.2) is 31.0 Å². The first-order chi connectivity index (χ1) is 6.38. The number of rotatable bonds is 1. The van der Waals surface area contributed by atoms with Crippen LogP contribution in [0.5, 0.6) is 0 Å². The molecule has 0 heteroatoms. The van der Waals surface area contributed by atoms with Crippen molar-refractivity contribution in [1.82, 2.24) is 0 Å². The van der Waals surface area contributed by atoms with Crippen LogP contribution in [0.2, 0.25) is 0 Å². The minimum absolute atomic E-state index is 1.18. The van der Waals surface area contributed by atoms with E-state index in [2.05, 4.69) is 18.9 Å². The number of hydrogen-bond acceptors (Lipinski definition) is 0. The fourth-order valence-electron chi connectivity index (χ4n) is 2.60. The molecule has 0 atom stereocenters. The van der Waals surface area contributed by atoms with Gasteiger partial charge in [-0.3, -0.25) is 0 Å². The molecular formula is C13H20. The molecule has 72 valence electrons. The molecule has 2 rings (SSSR count). The minimum Gasteiger partial charge on any atom is -0.129 e. The second kappa shape index (κ2) is 5.83. The van der Waals surface area contributed by atoms with E-state index in [0.717, 1.165) is 0 Å². The van der Waals surface area contributed by atoms with E-state index in [1.165, 1.54) is 24.7 Å². The predicted octanol–water partition coefficient (Wildman–Crippen LogP) is 4.10. The van der Waals surface area contributed by atoms with E-state index in [9.17, 15) is 0 Å². The highest BCUT2D eigenvalue weighted by atomic mass is 14.4. The van der Waals surface area contributed by atoms with Crippen LogP contribution in [0.4, 0.5) is 0 Å². The van der Waals surface area contributed by atoms with Crippen LogP contribution in [0.25, 0.3) is 0 Å².